The van der Waals surface area contributed by atoms with Gasteiger partial charge in [0.25, 0.3) is 5.91 Å². The minimum Gasteiger partial charge on any atom is -0.397 e. The fourth-order valence-corrected chi connectivity index (χ4v) is 2.99. The molecule has 6 heteroatoms. The number of rotatable bonds is 6. The second-order valence-corrected chi connectivity index (χ2v) is 5.92. The van der Waals surface area contributed by atoms with E-state index in [0.29, 0.717) is 30.3 Å². The molecule has 2 aromatic rings. The Bertz CT molecular complexity index is 679. The fraction of sp³-hybridized carbons (Fsp3) is 0.333. The number of carbonyl (C=O) groups excluding carboxylic acids is 1. The van der Waals surface area contributed by atoms with Crippen molar-refractivity contribution in [3.8, 4) is 0 Å². The predicted molar refractivity (Wildman–Crippen MR) is 86.7 cm³/mol. The zero-order chi connectivity index (χ0) is 15.4. The summed E-state index contributed by atoms with van der Waals surface area (Å²) in [6.45, 7) is 8.98. The van der Waals surface area contributed by atoms with E-state index in [2.05, 4.69) is 16.9 Å². The molecule has 2 aromatic heterocycles. The van der Waals surface area contributed by atoms with Crippen molar-refractivity contribution in [2.75, 3.05) is 25.5 Å². The Morgan fingerprint density at radius 2 is 2.33 bits per heavy atom. The highest BCUT2D eigenvalue weighted by atomic mass is 32.1. The molecule has 0 bridgehead atoms. The maximum absolute atomic E-state index is 12.2. The van der Waals surface area contributed by atoms with Gasteiger partial charge in [-0.15, -0.1) is 11.3 Å². The summed E-state index contributed by atoms with van der Waals surface area (Å²) in [5.74, 6) is -0.186. The summed E-state index contributed by atoms with van der Waals surface area (Å²) >= 11 is 1.31. The molecule has 0 radical (unpaired) electrons. The molecule has 0 aliphatic carbocycles. The maximum atomic E-state index is 12.2. The first kappa shape index (κ1) is 15.5. The second kappa shape index (κ2) is 6.69. The van der Waals surface area contributed by atoms with Crippen LogP contribution in [0.2, 0.25) is 0 Å². The molecule has 0 aromatic carbocycles. The SMILES string of the molecule is C=C(C)COCCNC(=O)c1sc2nccc(C)c2c1N. The van der Waals surface area contributed by atoms with E-state index in [0.717, 1.165) is 21.4 Å². The molecule has 0 atom stereocenters. The molecule has 0 aliphatic heterocycles. The van der Waals surface area contributed by atoms with E-state index < -0.39 is 0 Å². The smallest absolute Gasteiger partial charge is 0.263 e. The van der Waals surface area contributed by atoms with E-state index in [1.807, 2.05) is 19.9 Å². The number of nitrogens with two attached hydrogens (primary N) is 1. The average molecular weight is 305 g/mol. The maximum Gasteiger partial charge on any atom is 0.263 e. The van der Waals surface area contributed by atoms with E-state index in [1.54, 1.807) is 6.20 Å². The number of hydrogen-bond donors (Lipinski definition) is 2. The van der Waals surface area contributed by atoms with E-state index >= 15 is 0 Å². The first-order valence-corrected chi connectivity index (χ1v) is 7.46. The van der Waals surface area contributed by atoms with Gasteiger partial charge in [-0.25, -0.2) is 4.98 Å². The number of nitrogens with one attached hydrogen (secondary N) is 1. The van der Waals surface area contributed by atoms with Crippen molar-refractivity contribution in [1.82, 2.24) is 10.3 Å². The number of carbonyl (C=O) groups is 1. The lowest BCUT2D eigenvalue weighted by atomic mass is 10.2. The summed E-state index contributed by atoms with van der Waals surface area (Å²) in [6.07, 6.45) is 1.72. The number of ether oxygens (including phenoxy) is 1. The first-order chi connectivity index (χ1) is 10.0. The molecule has 2 rings (SSSR count). The molecule has 2 heterocycles. The molecular weight excluding hydrogens is 286 g/mol. The van der Waals surface area contributed by atoms with Gasteiger partial charge in [0.2, 0.25) is 0 Å². The molecule has 0 saturated carbocycles. The molecule has 112 valence electrons. The second-order valence-electron chi connectivity index (χ2n) is 4.92. The average Bonchev–Trinajstić information content (AvgIpc) is 2.76. The molecule has 3 N–H and O–H groups in total. The largest absolute Gasteiger partial charge is 0.397 e. The summed E-state index contributed by atoms with van der Waals surface area (Å²) in [5.41, 5.74) is 8.56. The molecule has 0 spiro atoms. The predicted octanol–water partition coefficient (Wildman–Crippen LogP) is 2.51. The van der Waals surface area contributed by atoms with Crippen LogP contribution in [-0.2, 0) is 4.74 Å². The van der Waals surface area contributed by atoms with Crippen LogP contribution in [0.1, 0.15) is 22.2 Å². The molecule has 0 fully saturated rings. The molecular formula is C15H19N3O2S. The van der Waals surface area contributed by atoms with Crippen molar-refractivity contribution in [2.24, 2.45) is 0 Å². The third-order valence-electron chi connectivity index (χ3n) is 2.92. The minimum atomic E-state index is -0.186. The lowest BCUT2D eigenvalue weighted by molar-refractivity contribution is 0.0931. The Morgan fingerprint density at radius 3 is 3.00 bits per heavy atom. The van der Waals surface area contributed by atoms with Crippen LogP contribution < -0.4 is 11.1 Å². The number of nitrogen functional groups attached to an aromatic ring is 1. The normalized spacial score (nSPS) is 10.8. The zero-order valence-corrected chi connectivity index (χ0v) is 13.0. The van der Waals surface area contributed by atoms with E-state index in [1.165, 1.54) is 11.3 Å². The summed E-state index contributed by atoms with van der Waals surface area (Å²) in [7, 11) is 0. The Labute approximate surface area is 127 Å². The summed E-state index contributed by atoms with van der Waals surface area (Å²) in [5, 5.41) is 3.67. The van der Waals surface area contributed by atoms with Crippen LogP contribution in [0.25, 0.3) is 10.2 Å². The van der Waals surface area contributed by atoms with Crippen molar-refractivity contribution >= 4 is 33.1 Å². The van der Waals surface area contributed by atoms with Gasteiger partial charge in [0.1, 0.15) is 9.71 Å². The van der Waals surface area contributed by atoms with E-state index in [4.69, 9.17) is 10.5 Å². The van der Waals surface area contributed by atoms with Gasteiger partial charge in [-0.1, -0.05) is 12.2 Å². The standard InChI is InChI=1S/C15H19N3O2S/c1-9(2)8-20-7-6-17-14(19)13-12(16)11-10(3)4-5-18-15(11)21-13/h4-5H,1,6-8,16H2,2-3H3,(H,17,19). The molecule has 5 nitrogen and oxygen atoms in total. The van der Waals surface area contributed by atoms with Gasteiger partial charge in [0.15, 0.2) is 0 Å². The van der Waals surface area contributed by atoms with Crippen LogP contribution in [0, 0.1) is 6.92 Å². The summed E-state index contributed by atoms with van der Waals surface area (Å²) < 4.78 is 5.34. The number of aromatic nitrogens is 1. The summed E-state index contributed by atoms with van der Waals surface area (Å²) in [4.78, 5) is 17.7. The number of amides is 1. The Kier molecular flexibility index (Phi) is 4.93. The number of aryl methyl sites for hydroxylation is 1. The number of fused-ring (bicyclic) bond motifs is 1. The number of thiophene rings is 1. The molecule has 0 saturated heterocycles. The van der Waals surface area contributed by atoms with Crippen molar-refractivity contribution in [2.45, 2.75) is 13.8 Å². The van der Waals surface area contributed by atoms with Crippen molar-refractivity contribution < 1.29 is 9.53 Å². The highest BCUT2D eigenvalue weighted by Crippen LogP contribution is 2.34. The Morgan fingerprint density at radius 1 is 1.57 bits per heavy atom. The lowest BCUT2D eigenvalue weighted by Gasteiger charge is -2.05. The highest BCUT2D eigenvalue weighted by molar-refractivity contribution is 7.21. The number of anilines is 1. The lowest BCUT2D eigenvalue weighted by Crippen LogP contribution is -2.27. The Balaban J connectivity index is 2.01. The molecule has 21 heavy (non-hydrogen) atoms. The van der Waals surface area contributed by atoms with Crippen LogP contribution in [-0.4, -0.2) is 30.6 Å². The van der Waals surface area contributed by atoms with Crippen LogP contribution >= 0.6 is 11.3 Å². The van der Waals surface area contributed by atoms with E-state index in [9.17, 15) is 4.79 Å². The monoisotopic (exact) mass is 305 g/mol. The molecule has 0 unspecified atom stereocenters. The highest BCUT2D eigenvalue weighted by Gasteiger charge is 2.17. The molecule has 1 amide bonds. The van der Waals surface area contributed by atoms with E-state index in [-0.39, 0.29) is 5.91 Å². The number of hydrogen-bond acceptors (Lipinski definition) is 5. The Hall–Kier alpha value is -1.92. The number of pyridine rings is 1. The van der Waals surface area contributed by atoms with Crippen LogP contribution in [0.15, 0.2) is 24.4 Å². The van der Waals surface area contributed by atoms with Crippen LogP contribution in [0.4, 0.5) is 5.69 Å². The third kappa shape index (κ3) is 3.59. The van der Waals surface area contributed by atoms with Crippen molar-refractivity contribution in [3.63, 3.8) is 0 Å². The van der Waals surface area contributed by atoms with Gasteiger partial charge < -0.3 is 15.8 Å². The first-order valence-electron chi connectivity index (χ1n) is 6.64. The summed E-state index contributed by atoms with van der Waals surface area (Å²) in [6, 6.07) is 1.89. The van der Waals surface area contributed by atoms with Crippen LogP contribution in [0.5, 0.6) is 0 Å². The van der Waals surface area contributed by atoms with Crippen LogP contribution in [0.3, 0.4) is 0 Å². The van der Waals surface area contributed by atoms with Gasteiger partial charge in [-0.05, 0) is 25.5 Å². The van der Waals surface area contributed by atoms with Crippen molar-refractivity contribution in [3.05, 3.63) is 34.9 Å². The van der Waals surface area contributed by atoms with Gasteiger partial charge >= 0.3 is 0 Å². The van der Waals surface area contributed by atoms with Gasteiger partial charge in [-0.3, -0.25) is 4.79 Å². The molecule has 0 aliphatic rings. The van der Waals surface area contributed by atoms with Gasteiger partial charge in [0.05, 0.1) is 18.9 Å². The van der Waals surface area contributed by atoms with Crippen molar-refractivity contribution in [1.29, 1.82) is 0 Å². The number of nitrogens with zero attached hydrogens (tertiary/aromatic N) is 1. The minimum absolute atomic E-state index is 0.186. The third-order valence-corrected chi connectivity index (χ3v) is 4.04. The van der Waals surface area contributed by atoms with Gasteiger partial charge in [-0.2, -0.15) is 0 Å². The quantitative estimate of drug-likeness (QED) is 0.635. The topological polar surface area (TPSA) is 77.2 Å². The van der Waals surface area contributed by atoms with Gasteiger partial charge in [0, 0.05) is 18.1 Å². The fourth-order valence-electron chi connectivity index (χ4n) is 1.94. The zero-order valence-electron chi connectivity index (χ0n) is 12.2.